The van der Waals surface area contributed by atoms with Crippen LogP contribution in [0.1, 0.15) is 13.8 Å². The highest BCUT2D eigenvalue weighted by Crippen LogP contribution is 2.32. The maximum Gasteiger partial charge on any atom is 0.246 e. The smallest absolute Gasteiger partial charge is 0.246 e. The number of anilines is 1. The Hall–Kier alpha value is -2.39. The predicted molar refractivity (Wildman–Crippen MR) is 82.1 cm³/mol. The van der Waals surface area contributed by atoms with Crippen molar-refractivity contribution in [3.05, 3.63) is 29.6 Å². The first-order valence-corrected chi connectivity index (χ1v) is 7.17. The number of hydrogen-bond donors (Lipinski definition) is 1. The predicted octanol–water partition coefficient (Wildman–Crippen LogP) is 3.31. The molecule has 108 valence electrons. The van der Waals surface area contributed by atoms with Crippen molar-refractivity contribution in [2.45, 2.75) is 13.8 Å². The molecule has 0 spiro atoms. The molecule has 0 fully saturated rings. The van der Waals surface area contributed by atoms with E-state index < -0.39 is 5.41 Å². The van der Waals surface area contributed by atoms with Gasteiger partial charge in [-0.3, -0.25) is 4.79 Å². The maximum absolute atomic E-state index is 11.9. The van der Waals surface area contributed by atoms with E-state index in [0.717, 1.165) is 17.0 Å². The van der Waals surface area contributed by atoms with Crippen molar-refractivity contribution in [2.24, 2.45) is 5.41 Å². The molecule has 0 radical (unpaired) electrons. The van der Waals surface area contributed by atoms with Gasteiger partial charge in [0.2, 0.25) is 5.91 Å². The summed E-state index contributed by atoms with van der Waals surface area (Å²) in [6.45, 7) is 3.13. The van der Waals surface area contributed by atoms with Crippen molar-refractivity contribution in [3.63, 3.8) is 0 Å². The summed E-state index contributed by atoms with van der Waals surface area (Å²) in [5.74, 6) is 0.351. The molecular formula is C15H15N3O2S. The molecule has 0 saturated heterocycles. The van der Waals surface area contributed by atoms with Gasteiger partial charge < -0.3 is 10.1 Å². The molecule has 1 aromatic heterocycles. The number of thiazole rings is 1. The summed E-state index contributed by atoms with van der Waals surface area (Å²) in [7, 11) is 1.60. The fraction of sp³-hybridized carbons (Fsp3) is 0.267. The van der Waals surface area contributed by atoms with Gasteiger partial charge >= 0.3 is 0 Å². The number of methoxy groups -OCH3 is 1. The van der Waals surface area contributed by atoms with Crippen LogP contribution in [0.2, 0.25) is 0 Å². The van der Waals surface area contributed by atoms with E-state index in [0.29, 0.717) is 5.13 Å². The average molecular weight is 301 g/mol. The largest absolute Gasteiger partial charge is 0.496 e. The summed E-state index contributed by atoms with van der Waals surface area (Å²) in [6, 6.07) is 9.50. The van der Waals surface area contributed by atoms with E-state index in [1.54, 1.807) is 21.0 Å². The Morgan fingerprint density at radius 1 is 1.43 bits per heavy atom. The van der Waals surface area contributed by atoms with Crippen LogP contribution in [-0.2, 0) is 4.79 Å². The van der Waals surface area contributed by atoms with Gasteiger partial charge in [0.25, 0.3) is 0 Å². The second kappa shape index (κ2) is 5.94. The zero-order valence-electron chi connectivity index (χ0n) is 12.0. The minimum Gasteiger partial charge on any atom is -0.496 e. The zero-order valence-corrected chi connectivity index (χ0v) is 12.8. The van der Waals surface area contributed by atoms with Gasteiger partial charge in [-0.2, -0.15) is 5.26 Å². The van der Waals surface area contributed by atoms with Gasteiger partial charge in [0.05, 0.1) is 18.9 Å². The van der Waals surface area contributed by atoms with E-state index in [9.17, 15) is 4.79 Å². The van der Waals surface area contributed by atoms with Crippen molar-refractivity contribution < 1.29 is 9.53 Å². The summed E-state index contributed by atoms with van der Waals surface area (Å²) in [5.41, 5.74) is 0.495. The first kappa shape index (κ1) is 15.0. The summed E-state index contributed by atoms with van der Waals surface area (Å²) in [4.78, 5) is 16.3. The Morgan fingerprint density at radius 2 is 2.14 bits per heavy atom. The van der Waals surface area contributed by atoms with Crippen molar-refractivity contribution in [1.82, 2.24) is 4.98 Å². The summed E-state index contributed by atoms with van der Waals surface area (Å²) in [6.07, 6.45) is 0. The number of ether oxygens (including phenoxy) is 1. The summed E-state index contributed by atoms with van der Waals surface area (Å²) < 4.78 is 5.30. The van der Waals surface area contributed by atoms with Crippen molar-refractivity contribution in [2.75, 3.05) is 12.4 Å². The number of para-hydroxylation sites is 1. The molecule has 0 saturated carbocycles. The first-order chi connectivity index (χ1) is 9.97. The lowest BCUT2D eigenvalue weighted by atomic mass is 9.95. The van der Waals surface area contributed by atoms with E-state index in [-0.39, 0.29) is 5.91 Å². The number of nitrogens with one attached hydrogen (secondary N) is 1. The highest BCUT2D eigenvalue weighted by atomic mass is 32.1. The topological polar surface area (TPSA) is 75.0 Å². The van der Waals surface area contributed by atoms with E-state index in [1.807, 2.05) is 35.7 Å². The molecule has 1 N–H and O–H groups in total. The molecule has 6 heteroatoms. The summed E-state index contributed by atoms with van der Waals surface area (Å²) >= 11 is 1.31. The highest BCUT2D eigenvalue weighted by Gasteiger charge is 2.28. The number of aromatic nitrogens is 1. The maximum atomic E-state index is 11.9. The normalized spacial score (nSPS) is 10.8. The molecule has 1 aromatic carbocycles. The first-order valence-electron chi connectivity index (χ1n) is 6.29. The lowest BCUT2D eigenvalue weighted by Gasteiger charge is -2.12. The lowest BCUT2D eigenvalue weighted by molar-refractivity contribution is -0.121. The average Bonchev–Trinajstić information content (AvgIpc) is 2.95. The monoisotopic (exact) mass is 301 g/mol. The third-order valence-corrected chi connectivity index (χ3v) is 3.71. The van der Waals surface area contributed by atoms with Gasteiger partial charge in [0, 0.05) is 10.9 Å². The third kappa shape index (κ3) is 3.20. The fourth-order valence-electron chi connectivity index (χ4n) is 1.62. The molecule has 0 aliphatic carbocycles. The minimum atomic E-state index is -1.09. The SMILES string of the molecule is COc1ccccc1-c1csc(NC(=O)C(C)(C)C#N)n1. The number of nitrogens with zero attached hydrogens (tertiary/aromatic N) is 2. The standard InChI is InChI=1S/C15H15N3O2S/c1-15(2,9-16)13(19)18-14-17-11(8-21-14)10-6-4-5-7-12(10)20-3/h4-8H,1-3H3,(H,17,18,19). The highest BCUT2D eigenvalue weighted by molar-refractivity contribution is 7.14. The number of carbonyl (C=O) groups is 1. The Bertz CT molecular complexity index is 701. The van der Waals surface area contributed by atoms with Crippen LogP contribution in [0.15, 0.2) is 29.6 Å². The van der Waals surface area contributed by atoms with E-state index in [1.165, 1.54) is 11.3 Å². The van der Waals surface area contributed by atoms with Gasteiger partial charge in [0.1, 0.15) is 11.2 Å². The van der Waals surface area contributed by atoms with Crippen molar-refractivity contribution in [1.29, 1.82) is 5.26 Å². The van der Waals surface area contributed by atoms with Gasteiger partial charge in [-0.15, -0.1) is 11.3 Å². The van der Waals surface area contributed by atoms with E-state index >= 15 is 0 Å². The molecule has 1 heterocycles. The van der Waals surface area contributed by atoms with Crippen molar-refractivity contribution in [3.8, 4) is 23.1 Å². The Balaban J connectivity index is 2.23. The second-order valence-corrected chi connectivity index (χ2v) is 5.79. The molecule has 0 unspecified atom stereocenters. The molecule has 0 bridgehead atoms. The Morgan fingerprint density at radius 3 is 2.81 bits per heavy atom. The number of hydrogen-bond acceptors (Lipinski definition) is 5. The van der Waals surface area contributed by atoms with Gasteiger partial charge in [-0.25, -0.2) is 4.98 Å². The zero-order chi connectivity index (χ0) is 15.5. The van der Waals surface area contributed by atoms with Crippen LogP contribution in [0.5, 0.6) is 5.75 Å². The molecule has 21 heavy (non-hydrogen) atoms. The van der Waals surface area contributed by atoms with Crippen LogP contribution in [0, 0.1) is 16.7 Å². The van der Waals surface area contributed by atoms with Crippen molar-refractivity contribution >= 4 is 22.4 Å². The number of carbonyl (C=O) groups excluding carboxylic acids is 1. The quantitative estimate of drug-likeness (QED) is 0.940. The van der Waals surface area contributed by atoms with Crippen LogP contribution in [0.3, 0.4) is 0 Å². The number of amides is 1. The van der Waals surface area contributed by atoms with E-state index in [2.05, 4.69) is 10.3 Å². The van der Waals surface area contributed by atoms with Gasteiger partial charge in [-0.05, 0) is 26.0 Å². The number of rotatable bonds is 4. The van der Waals surface area contributed by atoms with E-state index in [4.69, 9.17) is 10.00 Å². The lowest BCUT2D eigenvalue weighted by Crippen LogP contribution is -2.29. The third-order valence-electron chi connectivity index (χ3n) is 2.95. The molecule has 0 aliphatic rings. The van der Waals surface area contributed by atoms with Crippen LogP contribution in [0.25, 0.3) is 11.3 Å². The molecule has 2 rings (SSSR count). The van der Waals surface area contributed by atoms with Crippen LogP contribution >= 0.6 is 11.3 Å². The molecular weight excluding hydrogens is 286 g/mol. The molecule has 0 atom stereocenters. The fourth-order valence-corrected chi connectivity index (χ4v) is 2.32. The van der Waals surface area contributed by atoms with Crippen LogP contribution < -0.4 is 10.1 Å². The molecule has 2 aromatic rings. The Kier molecular flexibility index (Phi) is 4.24. The molecule has 1 amide bonds. The Labute approximate surface area is 127 Å². The molecule has 5 nitrogen and oxygen atoms in total. The van der Waals surface area contributed by atoms with Gasteiger partial charge in [0.15, 0.2) is 5.13 Å². The number of nitriles is 1. The summed E-state index contributed by atoms with van der Waals surface area (Å²) in [5, 5.41) is 13.9. The minimum absolute atomic E-state index is 0.370. The number of benzene rings is 1. The van der Waals surface area contributed by atoms with Gasteiger partial charge in [-0.1, -0.05) is 12.1 Å². The van der Waals surface area contributed by atoms with Crippen LogP contribution in [-0.4, -0.2) is 18.0 Å². The van der Waals surface area contributed by atoms with Crippen LogP contribution in [0.4, 0.5) is 5.13 Å². The second-order valence-electron chi connectivity index (χ2n) is 4.93. The molecule has 0 aliphatic heterocycles.